The number of hydrogen-bond donors (Lipinski definition) is 3. The van der Waals surface area contributed by atoms with E-state index in [1.165, 1.54) is 17.2 Å². The number of alkyl halides is 1. The maximum absolute atomic E-state index is 14.0. The highest BCUT2D eigenvalue weighted by molar-refractivity contribution is 5.95. The van der Waals surface area contributed by atoms with E-state index in [-0.39, 0.29) is 17.6 Å². The molecule has 6 rings (SSSR count). The third-order valence-corrected chi connectivity index (χ3v) is 7.52. The fourth-order valence-electron chi connectivity index (χ4n) is 5.82. The van der Waals surface area contributed by atoms with Gasteiger partial charge in [0, 0.05) is 61.6 Å². The first kappa shape index (κ1) is 21.1. The lowest BCUT2D eigenvalue weighted by Crippen LogP contribution is -2.51. The Kier molecular flexibility index (Phi) is 5.05. The summed E-state index contributed by atoms with van der Waals surface area (Å²) < 4.78 is 14.0. The van der Waals surface area contributed by atoms with Gasteiger partial charge >= 0.3 is 0 Å². The predicted molar refractivity (Wildman–Crippen MR) is 131 cm³/mol. The number of H-pyrrole nitrogens is 1. The third kappa shape index (κ3) is 3.44. The first-order chi connectivity index (χ1) is 16.5. The Balaban J connectivity index is 1.31. The highest BCUT2D eigenvalue weighted by Gasteiger charge is 2.39. The largest absolute Gasteiger partial charge is 0.378 e. The van der Waals surface area contributed by atoms with Crippen LogP contribution in [0.2, 0.25) is 0 Å². The summed E-state index contributed by atoms with van der Waals surface area (Å²) in [6, 6.07) is 16.1. The third-order valence-electron chi connectivity index (χ3n) is 7.52. The van der Waals surface area contributed by atoms with Gasteiger partial charge in [-0.15, -0.1) is 0 Å². The molecule has 0 aliphatic carbocycles. The molecular weight excluding hydrogens is 431 g/mol. The fourth-order valence-corrected chi connectivity index (χ4v) is 5.82. The van der Waals surface area contributed by atoms with Crippen LogP contribution in [0.5, 0.6) is 0 Å². The van der Waals surface area contributed by atoms with Crippen molar-refractivity contribution in [2.45, 2.75) is 37.8 Å². The van der Waals surface area contributed by atoms with Crippen LogP contribution in [0, 0.1) is 11.3 Å². The monoisotopic (exact) mass is 458 g/mol. The van der Waals surface area contributed by atoms with Gasteiger partial charge in [0.05, 0.1) is 23.2 Å². The molecule has 3 N–H and O–H groups in total. The van der Waals surface area contributed by atoms with Crippen LogP contribution < -0.4 is 21.1 Å². The molecule has 0 spiro atoms. The van der Waals surface area contributed by atoms with Crippen molar-refractivity contribution in [1.82, 2.24) is 15.2 Å². The SMILES string of the molecule is CC1CN(c2ccc(C#N)c3[nH]c(=O)ccc23)CC2c3ccc(NC4CNCC4F)cc3CN12. The first-order valence-electron chi connectivity index (χ1n) is 11.8. The maximum atomic E-state index is 14.0. The molecule has 4 heterocycles. The van der Waals surface area contributed by atoms with Gasteiger partial charge in [-0.05, 0) is 48.4 Å². The van der Waals surface area contributed by atoms with Gasteiger partial charge in [0.1, 0.15) is 12.2 Å². The standard InChI is InChI=1S/C26H27FN6O/c1-15-12-32(23-6-2-16(9-28)26-20(23)5-7-25(34)31-26)14-24-19-4-3-18(8-17(19)13-33(15)24)30-22-11-29-10-21(22)27/h2-8,15,21-22,24,29-30H,10-14H2,1H3,(H,31,34). The predicted octanol–water partition coefficient (Wildman–Crippen LogP) is 2.89. The van der Waals surface area contributed by atoms with Crippen molar-refractivity contribution in [1.29, 1.82) is 5.26 Å². The van der Waals surface area contributed by atoms with E-state index in [2.05, 4.69) is 56.6 Å². The van der Waals surface area contributed by atoms with E-state index in [1.54, 1.807) is 6.07 Å². The Morgan fingerprint density at radius 3 is 2.82 bits per heavy atom. The molecule has 2 saturated heterocycles. The summed E-state index contributed by atoms with van der Waals surface area (Å²) in [6.45, 7) is 5.85. The number of halogens is 1. The number of fused-ring (bicyclic) bond motifs is 4. The fraction of sp³-hybridized carbons (Fsp3) is 0.385. The van der Waals surface area contributed by atoms with Crippen LogP contribution in [0.1, 0.15) is 29.7 Å². The summed E-state index contributed by atoms with van der Waals surface area (Å²) in [5, 5.41) is 16.9. The van der Waals surface area contributed by atoms with Crippen LogP contribution in [0.4, 0.5) is 15.8 Å². The van der Waals surface area contributed by atoms with Crippen LogP contribution in [0.25, 0.3) is 10.9 Å². The van der Waals surface area contributed by atoms with Gasteiger partial charge in [-0.2, -0.15) is 5.26 Å². The van der Waals surface area contributed by atoms with E-state index < -0.39 is 6.17 Å². The number of benzene rings is 2. The van der Waals surface area contributed by atoms with Gasteiger partial charge in [0.2, 0.25) is 5.56 Å². The zero-order chi connectivity index (χ0) is 23.4. The number of nitrogens with zero attached hydrogens (tertiary/aromatic N) is 3. The Morgan fingerprint density at radius 2 is 2.03 bits per heavy atom. The number of nitriles is 1. The van der Waals surface area contributed by atoms with Crippen LogP contribution in [0.3, 0.4) is 0 Å². The highest BCUT2D eigenvalue weighted by atomic mass is 19.1. The lowest BCUT2D eigenvalue weighted by Gasteiger charge is -2.44. The van der Waals surface area contributed by atoms with E-state index in [4.69, 9.17) is 0 Å². The molecule has 3 aromatic rings. The van der Waals surface area contributed by atoms with Crippen molar-refractivity contribution < 1.29 is 4.39 Å². The summed E-state index contributed by atoms with van der Waals surface area (Å²) in [4.78, 5) is 19.7. The smallest absolute Gasteiger partial charge is 0.248 e. The topological polar surface area (TPSA) is 87.2 Å². The van der Waals surface area contributed by atoms with Crippen LogP contribution in [0.15, 0.2) is 47.3 Å². The van der Waals surface area contributed by atoms with Crippen LogP contribution in [-0.2, 0) is 6.54 Å². The number of rotatable bonds is 3. The molecular formula is C26H27FN6O. The van der Waals surface area contributed by atoms with Gasteiger partial charge in [-0.1, -0.05) is 6.07 Å². The number of hydrogen-bond acceptors (Lipinski definition) is 6. The molecule has 2 fully saturated rings. The van der Waals surface area contributed by atoms with E-state index >= 15 is 0 Å². The summed E-state index contributed by atoms with van der Waals surface area (Å²) in [6.07, 6.45) is -0.870. The average molecular weight is 459 g/mol. The van der Waals surface area contributed by atoms with Crippen molar-refractivity contribution in [3.05, 3.63) is 69.5 Å². The van der Waals surface area contributed by atoms with Crippen LogP contribution >= 0.6 is 0 Å². The molecule has 3 aliphatic heterocycles. The van der Waals surface area contributed by atoms with Crippen LogP contribution in [-0.4, -0.2) is 54.3 Å². The van der Waals surface area contributed by atoms with E-state index in [0.717, 1.165) is 36.4 Å². The molecule has 1 aromatic heterocycles. The number of aromatic amines is 1. The van der Waals surface area contributed by atoms with E-state index in [9.17, 15) is 14.4 Å². The zero-order valence-electron chi connectivity index (χ0n) is 19.0. The van der Waals surface area contributed by atoms with E-state index in [0.29, 0.717) is 30.2 Å². The molecule has 0 radical (unpaired) electrons. The van der Waals surface area contributed by atoms with Crippen molar-refractivity contribution in [2.24, 2.45) is 0 Å². The number of aromatic nitrogens is 1. The second kappa shape index (κ2) is 8.12. The summed E-state index contributed by atoms with van der Waals surface area (Å²) in [5.41, 5.74) is 5.47. The molecule has 8 heteroatoms. The molecule has 0 amide bonds. The minimum atomic E-state index is -0.870. The molecule has 0 bridgehead atoms. The Labute approximate surface area is 197 Å². The number of piperazine rings is 1. The number of nitrogens with one attached hydrogen (secondary N) is 3. The Bertz CT molecular complexity index is 1360. The summed E-state index contributed by atoms with van der Waals surface area (Å²) in [7, 11) is 0. The zero-order valence-corrected chi connectivity index (χ0v) is 19.0. The molecule has 34 heavy (non-hydrogen) atoms. The minimum Gasteiger partial charge on any atom is -0.378 e. The highest BCUT2D eigenvalue weighted by Crippen LogP contribution is 2.42. The molecule has 174 valence electrons. The Hall–Kier alpha value is -3.41. The molecule has 0 saturated carbocycles. The van der Waals surface area contributed by atoms with Gasteiger partial charge in [0.15, 0.2) is 0 Å². The number of pyridine rings is 1. The Morgan fingerprint density at radius 1 is 1.15 bits per heavy atom. The van der Waals surface area contributed by atoms with Crippen molar-refractivity contribution >= 4 is 22.3 Å². The molecule has 7 nitrogen and oxygen atoms in total. The minimum absolute atomic E-state index is 0.187. The van der Waals surface area contributed by atoms with Gasteiger partial charge in [-0.25, -0.2) is 4.39 Å². The number of anilines is 2. The maximum Gasteiger partial charge on any atom is 0.248 e. The molecule has 2 aromatic carbocycles. The molecule has 3 aliphatic rings. The molecule has 4 unspecified atom stereocenters. The lowest BCUT2D eigenvalue weighted by molar-refractivity contribution is 0.134. The normalized spacial score (nSPS) is 26.3. The molecule has 4 atom stereocenters. The van der Waals surface area contributed by atoms with Gasteiger partial charge < -0.3 is 20.5 Å². The van der Waals surface area contributed by atoms with Gasteiger partial charge in [0.25, 0.3) is 0 Å². The second-order valence-corrected chi connectivity index (χ2v) is 9.64. The van der Waals surface area contributed by atoms with E-state index in [1.807, 2.05) is 12.1 Å². The van der Waals surface area contributed by atoms with Crippen molar-refractivity contribution in [3.63, 3.8) is 0 Å². The van der Waals surface area contributed by atoms with Crippen molar-refractivity contribution in [3.8, 4) is 6.07 Å². The first-order valence-corrected chi connectivity index (χ1v) is 11.8. The second-order valence-electron chi connectivity index (χ2n) is 9.64. The average Bonchev–Trinajstić information content (AvgIpc) is 3.41. The van der Waals surface area contributed by atoms with Crippen molar-refractivity contribution in [2.75, 3.05) is 36.4 Å². The lowest BCUT2D eigenvalue weighted by atomic mass is 9.99. The van der Waals surface area contributed by atoms with Gasteiger partial charge in [-0.3, -0.25) is 9.69 Å². The summed E-state index contributed by atoms with van der Waals surface area (Å²) >= 11 is 0. The summed E-state index contributed by atoms with van der Waals surface area (Å²) in [5.74, 6) is 0. The quantitative estimate of drug-likeness (QED) is 0.560.